The predicted molar refractivity (Wildman–Crippen MR) is 68.5 cm³/mol. The summed E-state index contributed by atoms with van der Waals surface area (Å²) in [6, 6.07) is 4.40. The summed E-state index contributed by atoms with van der Waals surface area (Å²) in [6.45, 7) is 2.26. The summed E-state index contributed by atoms with van der Waals surface area (Å²) in [6.07, 6.45) is 11.0. The van der Waals surface area contributed by atoms with Crippen molar-refractivity contribution < 1.29 is 4.42 Å². The van der Waals surface area contributed by atoms with Crippen molar-refractivity contribution in [1.29, 1.82) is 0 Å². The number of furan rings is 1. The van der Waals surface area contributed by atoms with E-state index in [0.717, 1.165) is 5.76 Å². The van der Waals surface area contributed by atoms with Gasteiger partial charge in [-0.1, -0.05) is 45.4 Å². The molecule has 2 nitrogen and oxygen atoms in total. The Morgan fingerprint density at radius 3 is 2.56 bits per heavy atom. The highest BCUT2D eigenvalue weighted by Gasteiger charge is 2.10. The summed E-state index contributed by atoms with van der Waals surface area (Å²) >= 11 is 0. The van der Waals surface area contributed by atoms with Gasteiger partial charge >= 0.3 is 0 Å². The van der Waals surface area contributed by atoms with Gasteiger partial charge in [-0.3, -0.25) is 0 Å². The SMILES string of the molecule is CCCCCCCCC(NC)c1ccco1. The molecule has 0 saturated carbocycles. The molecule has 0 radical (unpaired) electrons. The lowest BCUT2D eigenvalue weighted by molar-refractivity contribution is 0.401. The fourth-order valence-corrected chi connectivity index (χ4v) is 2.05. The molecule has 1 aromatic rings. The van der Waals surface area contributed by atoms with Crippen molar-refractivity contribution in [3.63, 3.8) is 0 Å². The third-order valence-electron chi connectivity index (χ3n) is 3.08. The van der Waals surface area contributed by atoms with Crippen LogP contribution in [0.1, 0.15) is 63.7 Å². The largest absolute Gasteiger partial charge is 0.468 e. The summed E-state index contributed by atoms with van der Waals surface area (Å²) < 4.78 is 5.42. The number of nitrogens with one attached hydrogen (secondary N) is 1. The van der Waals surface area contributed by atoms with E-state index in [0.29, 0.717) is 6.04 Å². The van der Waals surface area contributed by atoms with Gasteiger partial charge in [-0.2, -0.15) is 0 Å². The van der Waals surface area contributed by atoms with Crippen LogP contribution in [0.25, 0.3) is 0 Å². The molecule has 1 aromatic heterocycles. The van der Waals surface area contributed by atoms with E-state index >= 15 is 0 Å². The van der Waals surface area contributed by atoms with Gasteiger partial charge in [0.1, 0.15) is 5.76 Å². The molecule has 0 spiro atoms. The van der Waals surface area contributed by atoms with E-state index in [1.54, 1.807) is 6.26 Å². The zero-order chi connectivity index (χ0) is 11.6. The highest BCUT2D eigenvalue weighted by atomic mass is 16.3. The van der Waals surface area contributed by atoms with Crippen LogP contribution in [0.2, 0.25) is 0 Å². The molecule has 1 N–H and O–H groups in total. The molecule has 1 heterocycles. The molecule has 0 aliphatic heterocycles. The van der Waals surface area contributed by atoms with Crippen molar-refractivity contribution >= 4 is 0 Å². The minimum absolute atomic E-state index is 0.390. The van der Waals surface area contributed by atoms with Crippen molar-refractivity contribution in [2.75, 3.05) is 7.05 Å². The lowest BCUT2D eigenvalue weighted by atomic mass is 10.0. The fourth-order valence-electron chi connectivity index (χ4n) is 2.05. The second kappa shape index (κ2) is 8.40. The van der Waals surface area contributed by atoms with Crippen LogP contribution in [0.3, 0.4) is 0 Å². The second-order valence-electron chi connectivity index (χ2n) is 4.41. The molecule has 1 atom stereocenters. The second-order valence-corrected chi connectivity index (χ2v) is 4.41. The molecular formula is C14H25NO. The van der Waals surface area contributed by atoms with E-state index in [1.807, 2.05) is 13.1 Å². The van der Waals surface area contributed by atoms with Crippen molar-refractivity contribution in [3.05, 3.63) is 24.2 Å². The molecule has 0 fully saturated rings. The highest BCUT2D eigenvalue weighted by Crippen LogP contribution is 2.20. The van der Waals surface area contributed by atoms with Gasteiger partial charge in [0, 0.05) is 0 Å². The zero-order valence-electron chi connectivity index (χ0n) is 10.7. The summed E-state index contributed by atoms with van der Waals surface area (Å²) in [4.78, 5) is 0. The molecule has 0 aliphatic rings. The number of hydrogen-bond donors (Lipinski definition) is 1. The normalized spacial score (nSPS) is 12.9. The van der Waals surface area contributed by atoms with Gasteiger partial charge in [0.15, 0.2) is 0 Å². The van der Waals surface area contributed by atoms with Gasteiger partial charge in [-0.15, -0.1) is 0 Å². The van der Waals surface area contributed by atoms with Crippen LogP contribution < -0.4 is 5.32 Å². The van der Waals surface area contributed by atoms with Crippen LogP contribution in [0.5, 0.6) is 0 Å². The number of unbranched alkanes of at least 4 members (excludes halogenated alkanes) is 5. The Bertz CT molecular complexity index is 243. The monoisotopic (exact) mass is 223 g/mol. The molecule has 0 aromatic carbocycles. The molecule has 92 valence electrons. The molecule has 0 bridgehead atoms. The Kier molecular flexibility index (Phi) is 6.98. The van der Waals surface area contributed by atoms with Gasteiger partial charge in [0.05, 0.1) is 12.3 Å². The first-order valence-corrected chi connectivity index (χ1v) is 6.59. The van der Waals surface area contributed by atoms with E-state index < -0.39 is 0 Å². The smallest absolute Gasteiger partial charge is 0.120 e. The fraction of sp³-hybridized carbons (Fsp3) is 0.714. The van der Waals surface area contributed by atoms with E-state index in [4.69, 9.17) is 4.42 Å². The first kappa shape index (κ1) is 13.3. The van der Waals surface area contributed by atoms with Gasteiger partial charge in [-0.05, 0) is 25.6 Å². The van der Waals surface area contributed by atoms with Crippen LogP contribution in [-0.2, 0) is 0 Å². The maximum atomic E-state index is 5.42. The Morgan fingerprint density at radius 2 is 1.94 bits per heavy atom. The van der Waals surface area contributed by atoms with E-state index in [2.05, 4.69) is 18.3 Å². The van der Waals surface area contributed by atoms with Crippen LogP contribution in [0.15, 0.2) is 22.8 Å². The Labute approximate surface area is 99.4 Å². The topological polar surface area (TPSA) is 25.2 Å². The maximum Gasteiger partial charge on any atom is 0.120 e. The molecule has 16 heavy (non-hydrogen) atoms. The lowest BCUT2D eigenvalue weighted by Gasteiger charge is -2.13. The number of rotatable bonds is 9. The molecule has 0 amide bonds. The minimum Gasteiger partial charge on any atom is -0.468 e. The summed E-state index contributed by atoms with van der Waals surface area (Å²) in [5, 5.41) is 3.31. The zero-order valence-corrected chi connectivity index (χ0v) is 10.7. The summed E-state index contributed by atoms with van der Waals surface area (Å²) in [5.74, 6) is 1.07. The molecule has 1 unspecified atom stereocenters. The van der Waals surface area contributed by atoms with Gasteiger partial charge in [0.2, 0.25) is 0 Å². The highest BCUT2D eigenvalue weighted by molar-refractivity contribution is 5.03. The Morgan fingerprint density at radius 1 is 1.19 bits per heavy atom. The van der Waals surface area contributed by atoms with Crippen molar-refractivity contribution in [2.24, 2.45) is 0 Å². The average molecular weight is 223 g/mol. The first-order valence-electron chi connectivity index (χ1n) is 6.59. The Balaban J connectivity index is 2.11. The third-order valence-corrected chi connectivity index (χ3v) is 3.08. The van der Waals surface area contributed by atoms with Crippen LogP contribution in [0.4, 0.5) is 0 Å². The van der Waals surface area contributed by atoms with Crippen LogP contribution in [-0.4, -0.2) is 7.05 Å². The average Bonchev–Trinajstić information content (AvgIpc) is 2.82. The van der Waals surface area contributed by atoms with Crippen LogP contribution in [0, 0.1) is 0 Å². The van der Waals surface area contributed by atoms with E-state index in [9.17, 15) is 0 Å². The minimum atomic E-state index is 0.390. The van der Waals surface area contributed by atoms with Crippen molar-refractivity contribution in [3.8, 4) is 0 Å². The Hall–Kier alpha value is -0.760. The summed E-state index contributed by atoms with van der Waals surface area (Å²) in [7, 11) is 2.00. The third kappa shape index (κ3) is 4.84. The van der Waals surface area contributed by atoms with Crippen LogP contribution >= 0.6 is 0 Å². The standard InChI is InChI=1S/C14H25NO/c1-3-4-5-6-7-8-10-13(15-2)14-11-9-12-16-14/h9,11-13,15H,3-8,10H2,1-2H3. The molecular weight excluding hydrogens is 198 g/mol. The van der Waals surface area contributed by atoms with Gasteiger partial charge in [0.25, 0.3) is 0 Å². The van der Waals surface area contributed by atoms with Crippen molar-refractivity contribution in [2.45, 2.75) is 57.9 Å². The van der Waals surface area contributed by atoms with Crippen molar-refractivity contribution in [1.82, 2.24) is 5.32 Å². The van der Waals surface area contributed by atoms with Gasteiger partial charge < -0.3 is 9.73 Å². The quantitative estimate of drug-likeness (QED) is 0.632. The molecule has 0 saturated heterocycles. The summed E-state index contributed by atoms with van der Waals surface area (Å²) in [5.41, 5.74) is 0. The lowest BCUT2D eigenvalue weighted by Crippen LogP contribution is -2.15. The maximum absolute atomic E-state index is 5.42. The first-order chi connectivity index (χ1) is 7.88. The van der Waals surface area contributed by atoms with E-state index in [1.165, 1.54) is 44.9 Å². The number of hydrogen-bond acceptors (Lipinski definition) is 2. The predicted octanol–water partition coefficient (Wildman–Crippen LogP) is 4.29. The van der Waals surface area contributed by atoms with E-state index in [-0.39, 0.29) is 0 Å². The van der Waals surface area contributed by atoms with Gasteiger partial charge in [-0.25, -0.2) is 0 Å². The molecule has 2 heteroatoms. The molecule has 0 aliphatic carbocycles. The molecule has 1 rings (SSSR count).